The first-order chi connectivity index (χ1) is 23.1. The van der Waals surface area contributed by atoms with Crippen molar-refractivity contribution < 1.29 is 23.9 Å². The Bertz CT molecular complexity index is 1810. The van der Waals surface area contributed by atoms with Crippen molar-refractivity contribution in [3.8, 4) is 16.9 Å². The number of anilines is 1. The molecular formula is C31H32Cl2N10O5. The van der Waals surface area contributed by atoms with Gasteiger partial charge in [-0.25, -0.2) is 9.78 Å². The third-order valence-corrected chi connectivity index (χ3v) is 8.10. The molecule has 0 unspecified atom stereocenters. The fourth-order valence-electron chi connectivity index (χ4n) is 5.13. The summed E-state index contributed by atoms with van der Waals surface area (Å²) in [5, 5.41) is 17.3. The molecule has 4 amide bonds. The Hall–Kier alpha value is -5.28. The zero-order chi connectivity index (χ0) is 34.2. The topological polar surface area (TPSA) is 180 Å². The number of nitrogens with zero attached hydrogens (tertiary/aromatic N) is 7. The van der Waals surface area contributed by atoms with Crippen molar-refractivity contribution in [1.82, 2.24) is 45.3 Å². The lowest BCUT2D eigenvalue weighted by atomic mass is 10.1. The van der Waals surface area contributed by atoms with Gasteiger partial charge in [-0.3, -0.25) is 19.7 Å². The Morgan fingerprint density at radius 3 is 2.50 bits per heavy atom. The number of methoxy groups -OCH3 is 1. The Kier molecular flexibility index (Phi) is 11.0. The molecule has 0 radical (unpaired) electrons. The van der Waals surface area contributed by atoms with Crippen molar-refractivity contribution in [2.75, 3.05) is 38.6 Å². The molecule has 0 saturated carbocycles. The molecule has 3 N–H and O–H groups in total. The normalized spacial score (nSPS) is 14.0. The number of aromatic nitrogens is 6. The van der Waals surface area contributed by atoms with Gasteiger partial charge in [0.15, 0.2) is 0 Å². The molecule has 1 aliphatic heterocycles. The Morgan fingerprint density at radius 1 is 1.04 bits per heavy atom. The van der Waals surface area contributed by atoms with Crippen LogP contribution in [0.5, 0.6) is 0 Å². The van der Waals surface area contributed by atoms with Crippen molar-refractivity contribution in [1.29, 1.82) is 0 Å². The zero-order valence-electron chi connectivity index (χ0n) is 26.0. The second kappa shape index (κ2) is 15.5. The van der Waals surface area contributed by atoms with Gasteiger partial charge in [0.05, 0.1) is 25.3 Å². The van der Waals surface area contributed by atoms with E-state index in [1.54, 1.807) is 58.3 Å². The van der Waals surface area contributed by atoms with E-state index in [-0.39, 0.29) is 29.2 Å². The number of aromatic amines is 1. The standard InChI is InChI=1S/C31H32Cl2N10O5/c1-19(44)41-12-3-13-42(15-14-41)27(46)17-24(30-37-28(29(33)38-30)20-4-8-23(9-5-20)35-31(47)48-2)36-26(45)11-6-21-16-22(32)7-10-25(21)43-18-34-39-40-43/h4-11,16,18,24H,3,12-15,17H2,1-2H3,(H,35,47)(H,36,45)(H,37,38)/b11-6+/t24-/m0/s1. The molecule has 2 aromatic heterocycles. The monoisotopic (exact) mass is 694 g/mol. The summed E-state index contributed by atoms with van der Waals surface area (Å²) in [5.74, 6) is -0.519. The van der Waals surface area contributed by atoms with E-state index in [9.17, 15) is 19.2 Å². The highest BCUT2D eigenvalue weighted by molar-refractivity contribution is 6.32. The first-order valence-electron chi connectivity index (χ1n) is 14.9. The van der Waals surface area contributed by atoms with Crippen molar-refractivity contribution in [3.63, 3.8) is 0 Å². The predicted molar refractivity (Wildman–Crippen MR) is 177 cm³/mol. The van der Waals surface area contributed by atoms with Crippen LogP contribution in [-0.2, 0) is 19.1 Å². The summed E-state index contributed by atoms with van der Waals surface area (Å²) in [6.45, 7) is 3.32. The van der Waals surface area contributed by atoms with Gasteiger partial charge in [0.1, 0.15) is 23.0 Å². The van der Waals surface area contributed by atoms with Crippen LogP contribution in [0.1, 0.15) is 37.2 Å². The number of hydrogen-bond donors (Lipinski definition) is 3. The zero-order valence-corrected chi connectivity index (χ0v) is 27.5. The maximum Gasteiger partial charge on any atom is 0.411 e. The van der Waals surface area contributed by atoms with Crippen molar-refractivity contribution in [2.24, 2.45) is 0 Å². The van der Waals surface area contributed by atoms with Crippen LogP contribution in [0.4, 0.5) is 10.5 Å². The van der Waals surface area contributed by atoms with Gasteiger partial charge in [-0.05, 0) is 53.3 Å². The summed E-state index contributed by atoms with van der Waals surface area (Å²) < 4.78 is 6.07. The number of carbonyl (C=O) groups is 4. The van der Waals surface area contributed by atoms with Gasteiger partial charge in [0.2, 0.25) is 17.7 Å². The molecule has 2 aromatic carbocycles. The van der Waals surface area contributed by atoms with Gasteiger partial charge < -0.3 is 24.8 Å². The molecule has 3 heterocycles. The number of rotatable bonds is 9. The molecule has 1 aliphatic rings. The molecule has 1 atom stereocenters. The highest BCUT2D eigenvalue weighted by Gasteiger charge is 2.27. The third-order valence-electron chi connectivity index (χ3n) is 7.59. The van der Waals surface area contributed by atoms with Crippen LogP contribution < -0.4 is 10.6 Å². The molecule has 0 aliphatic carbocycles. The second-order valence-corrected chi connectivity index (χ2v) is 11.6. The number of nitrogens with one attached hydrogen (secondary N) is 3. The largest absolute Gasteiger partial charge is 0.453 e. The van der Waals surface area contributed by atoms with Gasteiger partial charge in [0, 0.05) is 61.0 Å². The van der Waals surface area contributed by atoms with E-state index < -0.39 is 18.0 Å². The Labute approximate surface area is 285 Å². The average Bonchev–Trinajstić information content (AvgIpc) is 3.67. The first-order valence-corrected chi connectivity index (χ1v) is 15.6. The van der Waals surface area contributed by atoms with Crippen LogP contribution in [0.25, 0.3) is 23.0 Å². The lowest BCUT2D eigenvalue weighted by molar-refractivity contribution is -0.133. The van der Waals surface area contributed by atoms with Gasteiger partial charge in [0.25, 0.3) is 0 Å². The second-order valence-electron chi connectivity index (χ2n) is 10.8. The summed E-state index contributed by atoms with van der Waals surface area (Å²) in [4.78, 5) is 61.5. The van der Waals surface area contributed by atoms with E-state index >= 15 is 0 Å². The molecule has 1 saturated heterocycles. The van der Waals surface area contributed by atoms with Crippen LogP contribution in [0.2, 0.25) is 10.2 Å². The SMILES string of the molecule is COC(=O)Nc1ccc(-c2nc([C@H](CC(=O)N3CCCN(C(C)=O)CC3)NC(=O)/C=C/c3cc(Cl)ccc3-n3cnnn3)[nH]c2Cl)cc1. The average molecular weight is 696 g/mol. The predicted octanol–water partition coefficient (Wildman–Crippen LogP) is 3.88. The highest BCUT2D eigenvalue weighted by Crippen LogP contribution is 2.30. The van der Waals surface area contributed by atoms with Gasteiger partial charge in [-0.2, -0.15) is 4.68 Å². The quantitative estimate of drug-likeness (QED) is 0.219. The summed E-state index contributed by atoms with van der Waals surface area (Å²) in [5.41, 5.74) is 2.68. The number of tetrazole rings is 1. The first kappa shape index (κ1) is 34.1. The number of H-pyrrole nitrogens is 1. The number of amides is 4. The lowest BCUT2D eigenvalue weighted by Crippen LogP contribution is -2.39. The molecule has 5 rings (SSSR count). The minimum atomic E-state index is -0.897. The number of benzene rings is 2. The Balaban J connectivity index is 1.39. The van der Waals surface area contributed by atoms with Gasteiger partial charge >= 0.3 is 6.09 Å². The molecular weight excluding hydrogens is 663 g/mol. The number of carbonyl (C=O) groups excluding carboxylic acids is 4. The van der Waals surface area contributed by atoms with Gasteiger partial charge in [-0.15, -0.1) is 5.10 Å². The summed E-state index contributed by atoms with van der Waals surface area (Å²) in [6, 6.07) is 10.9. The van der Waals surface area contributed by atoms with Crippen LogP contribution in [0.15, 0.2) is 54.9 Å². The van der Waals surface area contributed by atoms with Crippen LogP contribution in [0.3, 0.4) is 0 Å². The molecule has 1 fully saturated rings. The maximum atomic E-state index is 13.6. The molecule has 0 bridgehead atoms. The fraction of sp³-hybridized carbons (Fsp3) is 0.290. The van der Waals surface area contributed by atoms with Crippen molar-refractivity contribution in [2.45, 2.75) is 25.8 Å². The van der Waals surface area contributed by atoms with Crippen LogP contribution >= 0.6 is 23.2 Å². The van der Waals surface area contributed by atoms with Crippen molar-refractivity contribution in [3.05, 3.63) is 76.4 Å². The van der Waals surface area contributed by atoms with E-state index in [2.05, 4.69) is 40.9 Å². The lowest BCUT2D eigenvalue weighted by Gasteiger charge is -2.24. The molecule has 17 heteroatoms. The smallest absolute Gasteiger partial charge is 0.411 e. The van der Waals surface area contributed by atoms with E-state index in [0.29, 0.717) is 65.8 Å². The minimum Gasteiger partial charge on any atom is -0.453 e. The van der Waals surface area contributed by atoms with E-state index in [1.165, 1.54) is 31.1 Å². The summed E-state index contributed by atoms with van der Waals surface area (Å²) in [6.07, 6.45) is 4.19. The number of halogens is 2. The Morgan fingerprint density at radius 2 is 1.79 bits per heavy atom. The minimum absolute atomic E-state index is 0.0453. The van der Waals surface area contributed by atoms with Crippen molar-refractivity contribution >= 4 is 58.8 Å². The molecule has 0 spiro atoms. The summed E-state index contributed by atoms with van der Waals surface area (Å²) >= 11 is 12.8. The van der Waals surface area contributed by atoms with Crippen LogP contribution in [-0.4, -0.2) is 97.1 Å². The van der Waals surface area contributed by atoms with E-state index in [1.807, 2.05) is 0 Å². The number of ether oxygens (including phenoxy) is 1. The number of imidazole rings is 1. The maximum absolute atomic E-state index is 13.6. The molecule has 250 valence electrons. The third kappa shape index (κ3) is 8.54. The molecule has 4 aromatic rings. The summed E-state index contributed by atoms with van der Waals surface area (Å²) in [7, 11) is 1.27. The highest BCUT2D eigenvalue weighted by atomic mass is 35.5. The number of hydrogen-bond acceptors (Lipinski definition) is 9. The van der Waals surface area contributed by atoms with Crippen LogP contribution in [0, 0.1) is 0 Å². The molecule has 48 heavy (non-hydrogen) atoms. The van der Waals surface area contributed by atoms with E-state index in [0.717, 1.165) is 0 Å². The fourth-order valence-corrected chi connectivity index (χ4v) is 5.56. The van der Waals surface area contributed by atoms with Gasteiger partial charge in [-0.1, -0.05) is 35.3 Å². The molecule has 15 nitrogen and oxygen atoms in total. The van der Waals surface area contributed by atoms with E-state index in [4.69, 9.17) is 23.2 Å².